The number of H-pyrrole nitrogens is 1. The Morgan fingerprint density at radius 3 is 2.89 bits per heavy atom. The second-order valence-electron chi connectivity index (χ2n) is 7.02. The molecule has 1 aliphatic carbocycles. The fraction of sp³-hybridized carbons (Fsp3) is 0.333. The highest BCUT2D eigenvalue weighted by molar-refractivity contribution is 6.32. The number of aromatic amines is 1. The molecule has 1 fully saturated rings. The van der Waals surface area contributed by atoms with Crippen molar-refractivity contribution in [3.8, 4) is 5.75 Å². The molecule has 2 atom stereocenters. The Kier molecular flexibility index (Phi) is 5.03. The zero-order valence-corrected chi connectivity index (χ0v) is 15.9. The number of rotatable bonds is 4. The molecule has 0 saturated heterocycles. The van der Waals surface area contributed by atoms with Gasteiger partial charge in [0, 0.05) is 17.5 Å². The number of nitrogens with zero attached hydrogens (tertiary/aromatic N) is 1. The van der Waals surface area contributed by atoms with E-state index in [9.17, 15) is 4.79 Å². The van der Waals surface area contributed by atoms with Gasteiger partial charge in [0.05, 0.1) is 23.2 Å². The molecule has 1 saturated carbocycles. The van der Waals surface area contributed by atoms with Crippen LogP contribution < -0.4 is 10.1 Å². The summed E-state index contributed by atoms with van der Waals surface area (Å²) in [7, 11) is 1.56. The number of fused-ring (bicyclic) bond motifs is 1. The van der Waals surface area contributed by atoms with Gasteiger partial charge in [0.25, 0.3) is 5.91 Å². The first-order valence-corrected chi connectivity index (χ1v) is 9.61. The third-order valence-electron chi connectivity index (χ3n) is 5.22. The first-order chi connectivity index (χ1) is 13.1. The molecule has 27 heavy (non-hydrogen) atoms. The summed E-state index contributed by atoms with van der Waals surface area (Å²) in [5.74, 6) is 1.81. The highest BCUT2D eigenvalue weighted by Gasteiger charge is 2.27. The van der Waals surface area contributed by atoms with Crippen LogP contribution in [0.4, 0.5) is 0 Å². The van der Waals surface area contributed by atoms with E-state index in [1.54, 1.807) is 25.3 Å². The fourth-order valence-electron chi connectivity index (χ4n) is 3.81. The second-order valence-corrected chi connectivity index (χ2v) is 7.43. The Balaban J connectivity index is 1.45. The molecule has 3 aromatic rings. The molecule has 4 rings (SSSR count). The predicted molar refractivity (Wildman–Crippen MR) is 107 cm³/mol. The number of benzene rings is 2. The predicted octanol–water partition coefficient (Wildman–Crippen LogP) is 4.68. The van der Waals surface area contributed by atoms with E-state index in [4.69, 9.17) is 21.3 Å². The molecule has 1 aliphatic rings. The van der Waals surface area contributed by atoms with Crippen molar-refractivity contribution in [2.24, 2.45) is 0 Å². The molecule has 1 aromatic heterocycles. The number of hydrogen-bond acceptors (Lipinski definition) is 3. The van der Waals surface area contributed by atoms with Crippen LogP contribution in [0.15, 0.2) is 42.5 Å². The van der Waals surface area contributed by atoms with Gasteiger partial charge in [0.1, 0.15) is 11.6 Å². The van der Waals surface area contributed by atoms with Crippen LogP contribution in [0.5, 0.6) is 5.75 Å². The standard InChI is InChI=1S/C21H22ClN3O2/c1-27-19-10-9-14(12-16(19)22)21(26)23-15-6-4-5-13(11-15)20-24-17-7-2-3-8-18(17)25-20/h2-3,7-10,12-13,15H,4-6,11H2,1H3,(H,23,26)(H,24,25). The summed E-state index contributed by atoms with van der Waals surface area (Å²) < 4.78 is 5.14. The number of halogens is 1. The van der Waals surface area contributed by atoms with E-state index in [0.29, 0.717) is 22.3 Å². The lowest BCUT2D eigenvalue weighted by atomic mass is 9.85. The van der Waals surface area contributed by atoms with Crippen LogP contribution in [0.3, 0.4) is 0 Å². The van der Waals surface area contributed by atoms with Crippen molar-refractivity contribution in [3.63, 3.8) is 0 Å². The van der Waals surface area contributed by atoms with E-state index < -0.39 is 0 Å². The van der Waals surface area contributed by atoms with Crippen LogP contribution in [-0.2, 0) is 0 Å². The summed E-state index contributed by atoms with van der Waals surface area (Å²) in [6.45, 7) is 0. The van der Waals surface area contributed by atoms with E-state index in [-0.39, 0.29) is 11.9 Å². The summed E-state index contributed by atoms with van der Waals surface area (Å²) in [4.78, 5) is 20.8. The SMILES string of the molecule is COc1ccc(C(=O)NC2CCCC(c3nc4ccccc4[nH]3)C2)cc1Cl. The maximum atomic E-state index is 12.6. The zero-order valence-electron chi connectivity index (χ0n) is 15.2. The molecule has 1 amide bonds. The average Bonchev–Trinajstić information content (AvgIpc) is 3.12. The zero-order chi connectivity index (χ0) is 18.8. The van der Waals surface area contributed by atoms with Gasteiger partial charge >= 0.3 is 0 Å². The maximum absolute atomic E-state index is 12.6. The minimum Gasteiger partial charge on any atom is -0.495 e. The number of carbonyl (C=O) groups is 1. The summed E-state index contributed by atoms with van der Waals surface area (Å²) in [6, 6.07) is 13.3. The number of amides is 1. The summed E-state index contributed by atoms with van der Waals surface area (Å²) in [5.41, 5.74) is 2.60. The van der Waals surface area contributed by atoms with Crippen molar-refractivity contribution >= 4 is 28.5 Å². The van der Waals surface area contributed by atoms with E-state index in [0.717, 1.165) is 42.5 Å². The maximum Gasteiger partial charge on any atom is 0.251 e. The summed E-state index contributed by atoms with van der Waals surface area (Å²) in [6.07, 6.45) is 4.01. The van der Waals surface area contributed by atoms with Crippen LogP contribution in [0, 0.1) is 0 Å². The number of aromatic nitrogens is 2. The van der Waals surface area contributed by atoms with Gasteiger partial charge in [-0.2, -0.15) is 0 Å². The van der Waals surface area contributed by atoms with Crippen LogP contribution in [-0.4, -0.2) is 29.0 Å². The van der Waals surface area contributed by atoms with Crippen molar-refractivity contribution in [3.05, 3.63) is 58.9 Å². The summed E-state index contributed by atoms with van der Waals surface area (Å²) >= 11 is 6.14. The van der Waals surface area contributed by atoms with Gasteiger partial charge in [-0.3, -0.25) is 4.79 Å². The normalized spacial score (nSPS) is 19.8. The Bertz CT molecular complexity index is 936. The van der Waals surface area contributed by atoms with Crippen molar-refractivity contribution in [2.75, 3.05) is 7.11 Å². The number of nitrogens with one attached hydrogen (secondary N) is 2. The molecule has 0 bridgehead atoms. The highest BCUT2D eigenvalue weighted by atomic mass is 35.5. The first kappa shape index (κ1) is 17.9. The molecule has 2 unspecified atom stereocenters. The molecule has 140 valence electrons. The van der Waals surface area contributed by atoms with Gasteiger partial charge < -0.3 is 15.0 Å². The number of hydrogen-bond donors (Lipinski definition) is 2. The molecular weight excluding hydrogens is 362 g/mol. The molecule has 2 N–H and O–H groups in total. The van der Waals surface area contributed by atoms with E-state index in [2.05, 4.69) is 10.3 Å². The van der Waals surface area contributed by atoms with Crippen molar-refractivity contribution in [1.82, 2.24) is 15.3 Å². The first-order valence-electron chi connectivity index (χ1n) is 9.23. The molecule has 2 aromatic carbocycles. The molecule has 6 heteroatoms. The number of carbonyl (C=O) groups excluding carboxylic acids is 1. The number of methoxy groups -OCH3 is 1. The topological polar surface area (TPSA) is 67.0 Å². The fourth-order valence-corrected chi connectivity index (χ4v) is 4.07. The third-order valence-corrected chi connectivity index (χ3v) is 5.51. The monoisotopic (exact) mass is 383 g/mol. The lowest BCUT2D eigenvalue weighted by Gasteiger charge is -2.28. The minimum atomic E-state index is -0.102. The highest BCUT2D eigenvalue weighted by Crippen LogP contribution is 2.33. The number of ether oxygens (including phenoxy) is 1. The van der Waals surface area contributed by atoms with Gasteiger partial charge in [0.15, 0.2) is 0 Å². The van der Waals surface area contributed by atoms with Crippen LogP contribution in [0.1, 0.15) is 47.8 Å². The van der Waals surface area contributed by atoms with Gasteiger partial charge in [0.2, 0.25) is 0 Å². The van der Waals surface area contributed by atoms with E-state index >= 15 is 0 Å². The Morgan fingerprint density at radius 1 is 1.26 bits per heavy atom. The molecule has 0 radical (unpaired) electrons. The van der Waals surface area contributed by atoms with Gasteiger partial charge in [-0.05, 0) is 49.6 Å². The van der Waals surface area contributed by atoms with Crippen LogP contribution in [0.2, 0.25) is 5.02 Å². The average molecular weight is 384 g/mol. The van der Waals surface area contributed by atoms with Gasteiger partial charge in [-0.25, -0.2) is 4.98 Å². The second kappa shape index (κ2) is 7.61. The molecule has 0 aliphatic heterocycles. The smallest absolute Gasteiger partial charge is 0.251 e. The minimum absolute atomic E-state index is 0.102. The Morgan fingerprint density at radius 2 is 2.11 bits per heavy atom. The van der Waals surface area contributed by atoms with Crippen LogP contribution in [0.25, 0.3) is 11.0 Å². The lowest BCUT2D eigenvalue weighted by molar-refractivity contribution is 0.0924. The summed E-state index contributed by atoms with van der Waals surface area (Å²) in [5, 5.41) is 3.59. The van der Waals surface area contributed by atoms with Gasteiger partial charge in [-0.15, -0.1) is 0 Å². The quantitative estimate of drug-likeness (QED) is 0.687. The van der Waals surface area contributed by atoms with E-state index in [1.165, 1.54) is 0 Å². The molecule has 5 nitrogen and oxygen atoms in total. The molecule has 1 heterocycles. The Labute approximate surface area is 163 Å². The largest absolute Gasteiger partial charge is 0.495 e. The molecule has 0 spiro atoms. The Hall–Kier alpha value is -2.53. The van der Waals surface area contributed by atoms with Crippen LogP contribution >= 0.6 is 11.6 Å². The van der Waals surface area contributed by atoms with Crippen molar-refractivity contribution < 1.29 is 9.53 Å². The number of imidazole rings is 1. The number of para-hydroxylation sites is 2. The van der Waals surface area contributed by atoms with Crippen molar-refractivity contribution in [1.29, 1.82) is 0 Å². The molecular formula is C21H22ClN3O2. The van der Waals surface area contributed by atoms with Gasteiger partial charge in [-0.1, -0.05) is 30.2 Å². The third kappa shape index (κ3) is 3.78. The van der Waals surface area contributed by atoms with Crippen molar-refractivity contribution in [2.45, 2.75) is 37.6 Å². The van der Waals surface area contributed by atoms with E-state index in [1.807, 2.05) is 24.3 Å². The lowest BCUT2D eigenvalue weighted by Crippen LogP contribution is -2.38.